The van der Waals surface area contributed by atoms with Crippen LogP contribution in [0.3, 0.4) is 0 Å². The lowest BCUT2D eigenvalue weighted by Gasteiger charge is -2.12. The molecule has 0 saturated heterocycles. The maximum Gasteiger partial charge on any atom is 0.237 e. The third-order valence-corrected chi connectivity index (χ3v) is 4.34. The van der Waals surface area contributed by atoms with Crippen molar-refractivity contribution in [1.29, 1.82) is 0 Å². The van der Waals surface area contributed by atoms with Crippen LogP contribution in [0.5, 0.6) is 0 Å². The van der Waals surface area contributed by atoms with Gasteiger partial charge in [0.15, 0.2) is 0 Å². The van der Waals surface area contributed by atoms with E-state index in [9.17, 15) is 12.8 Å². The van der Waals surface area contributed by atoms with Gasteiger partial charge >= 0.3 is 0 Å². The average molecular weight is 312 g/mol. The van der Waals surface area contributed by atoms with Crippen molar-refractivity contribution < 1.29 is 17.9 Å². The van der Waals surface area contributed by atoms with Gasteiger partial charge in [-0.1, -0.05) is 0 Å². The first kappa shape index (κ1) is 13.4. The van der Waals surface area contributed by atoms with Crippen molar-refractivity contribution in [3.8, 4) is 0 Å². The third-order valence-electron chi connectivity index (χ3n) is 1.97. The second kappa shape index (κ2) is 5.11. The van der Waals surface area contributed by atoms with E-state index in [0.29, 0.717) is 0 Å². The van der Waals surface area contributed by atoms with E-state index in [1.807, 2.05) is 0 Å². The van der Waals surface area contributed by atoms with Gasteiger partial charge in [-0.05, 0) is 41.1 Å². The summed E-state index contributed by atoms with van der Waals surface area (Å²) in [6.45, 7) is 0.867. The summed E-state index contributed by atoms with van der Waals surface area (Å²) >= 11 is 2.96. The van der Waals surface area contributed by atoms with E-state index in [1.165, 1.54) is 19.1 Å². The van der Waals surface area contributed by atoms with Crippen molar-refractivity contribution in [2.45, 2.75) is 12.2 Å². The quantitative estimate of drug-likeness (QED) is 0.889. The zero-order valence-electron chi connectivity index (χ0n) is 8.44. The number of aliphatic hydroxyl groups is 1. The highest BCUT2D eigenvalue weighted by Crippen LogP contribution is 2.20. The molecule has 0 saturated carbocycles. The Morgan fingerprint density at radius 3 is 2.69 bits per heavy atom. The van der Waals surface area contributed by atoms with E-state index >= 15 is 0 Å². The Labute approximate surface area is 102 Å². The topological polar surface area (TPSA) is 66.4 Å². The summed E-state index contributed by atoms with van der Waals surface area (Å²) in [7, 11) is -3.67. The molecular weight excluding hydrogens is 301 g/mol. The second-order valence-corrected chi connectivity index (χ2v) is 6.22. The number of benzene rings is 1. The van der Waals surface area contributed by atoms with Crippen LogP contribution in [-0.2, 0) is 10.0 Å². The van der Waals surface area contributed by atoms with Crippen LogP contribution < -0.4 is 4.72 Å². The summed E-state index contributed by atoms with van der Waals surface area (Å²) in [6, 6.07) is 3.89. The Morgan fingerprint density at radius 2 is 2.19 bits per heavy atom. The molecular formula is C9H11BrFNO3S. The molecule has 1 aromatic carbocycles. The highest BCUT2D eigenvalue weighted by atomic mass is 79.9. The summed E-state index contributed by atoms with van der Waals surface area (Å²) < 4.78 is 38.6. The van der Waals surface area contributed by atoms with Crippen molar-refractivity contribution in [3.63, 3.8) is 0 Å². The molecule has 0 aliphatic carbocycles. The van der Waals surface area contributed by atoms with Crippen LogP contribution in [0.2, 0.25) is 0 Å². The monoisotopic (exact) mass is 311 g/mol. The van der Waals surface area contributed by atoms with E-state index < -0.39 is 27.7 Å². The number of rotatable bonds is 4. The molecule has 4 nitrogen and oxygen atoms in total. The average Bonchev–Trinajstić information content (AvgIpc) is 2.22. The Hall–Kier alpha value is -0.660. The highest BCUT2D eigenvalue weighted by molar-refractivity contribution is 9.10. The van der Waals surface area contributed by atoms with Crippen LogP contribution in [0.1, 0.15) is 6.92 Å². The molecule has 0 aliphatic rings. The molecule has 1 rings (SSSR count). The van der Waals surface area contributed by atoms with Crippen LogP contribution in [-0.4, -0.2) is 25.4 Å². The molecule has 0 heterocycles. The van der Waals surface area contributed by atoms with Crippen molar-refractivity contribution in [2.24, 2.45) is 0 Å². The van der Waals surface area contributed by atoms with Gasteiger partial charge in [0.25, 0.3) is 0 Å². The summed E-state index contributed by atoms with van der Waals surface area (Å²) in [5.74, 6) is -0.558. The van der Waals surface area contributed by atoms with Crippen LogP contribution in [0.25, 0.3) is 0 Å². The molecule has 1 unspecified atom stereocenters. The predicted octanol–water partition coefficient (Wildman–Crippen LogP) is 1.71. The first-order valence-corrected chi connectivity index (χ1v) is 6.78. The molecule has 0 amide bonds. The standard InChI is InChI=1S/C9H11BrFNO3S/c1-6(5-13)16(14,15)12-7-2-3-8(10)9(11)4-7/h2-4,6,12-13H,5H2,1H3. The number of nitrogens with one attached hydrogen (secondary N) is 1. The summed E-state index contributed by atoms with van der Waals surface area (Å²) in [5, 5.41) is 7.80. The fraction of sp³-hybridized carbons (Fsp3) is 0.333. The van der Waals surface area contributed by atoms with E-state index in [-0.39, 0.29) is 10.2 Å². The second-order valence-electron chi connectivity index (χ2n) is 3.27. The lowest BCUT2D eigenvalue weighted by molar-refractivity contribution is 0.296. The molecule has 1 atom stereocenters. The molecule has 2 N–H and O–H groups in total. The number of anilines is 1. The van der Waals surface area contributed by atoms with Gasteiger partial charge < -0.3 is 5.11 Å². The number of aliphatic hydroxyl groups excluding tert-OH is 1. The van der Waals surface area contributed by atoms with Crippen LogP contribution in [0.15, 0.2) is 22.7 Å². The van der Waals surface area contributed by atoms with Gasteiger partial charge in [-0.25, -0.2) is 12.8 Å². The first-order valence-electron chi connectivity index (χ1n) is 4.44. The van der Waals surface area contributed by atoms with E-state index in [1.54, 1.807) is 0 Å². The Balaban J connectivity index is 2.93. The van der Waals surface area contributed by atoms with Crippen molar-refractivity contribution in [3.05, 3.63) is 28.5 Å². The molecule has 0 aromatic heterocycles. The molecule has 7 heteroatoms. The molecule has 16 heavy (non-hydrogen) atoms. The summed E-state index contributed by atoms with van der Waals surface area (Å²) in [5.41, 5.74) is 0.126. The van der Waals surface area contributed by atoms with E-state index in [0.717, 1.165) is 6.07 Å². The lowest BCUT2D eigenvalue weighted by Crippen LogP contribution is -2.28. The van der Waals surface area contributed by atoms with Gasteiger partial charge in [-0.2, -0.15) is 0 Å². The van der Waals surface area contributed by atoms with E-state index in [4.69, 9.17) is 5.11 Å². The van der Waals surface area contributed by atoms with Gasteiger partial charge in [-0.3, -0.25) is 4.72 Å². The van der Waals surface area contributed by atoms with Crippen LogP contribution in [0, 0.1) is 5.82 Å². The van der Waals surface area contributed by atoms with Crippen molar-refractivity contribution >= 4 is 31.6 Å². The van der Waals surface area contributed by atoms with Gasteiger partial charge in [0.05, 0.1) is 16.8 Å². The zero-order chi connectivity index (χ0) is 12.3. The smallest absolute Gasteiger partial charge is 0.237 e. The lowest BCUT2D eigenvalue weighted by atomic mass is 10.3. The van der Waals surface area contributed by atoms with Gasteiger partial charge in [0, 0.05) is 0 Å². The fourth-order valence-electron chi connectivity index (χ4n) is 0.923. The van der Waals surface area contributed by atoms with Crippen molar-refractivity contribution in [1.82, 2.24) is 0 Å². The van der Waals surface area contributed by atoms with E-state index in [2.05, 4.69) is 20.7 Å². The predicted molar refractivity (Wildman–Crippen MR) is 63.2 cm³/mol. The highest BCUT2D eigenvalue weighted by Gasteiger charge is 2.19. The number of sulfonamides is 1. The maximum atomic E-state index is 13.1. The Morgan fingerprint density at radius 1 is 1.56 bits per heavy atom. The molecule has 0 radical (unpaired) electrons. The molecule has 0 fully saturated rings. The SMILES string of the molecule is CC(CO)S(=O)(=O)Nc1ccc(Br)c(F)c1. The van der Waals surface area contributed by atoms with Crippen LogP contribution >= 0.6 is 15.9 Å². The molecule has 90 valence electrons. The largest absolute Gasteiger partial charge is 0.395 e. The first-order chi connectivity index (χ1) is 7.36. The Bertz CT molecular complexity index is 478. The molecule has 1 aromatic rings. The minimum absolute atomic E-state index is 0.126. The minimum Gasteiger partial charge on any atom is -0.395 e. The summed E-state index contributed by atoms with van der Waals surface area (Å²) in [6.07, 6.45) is 0. The number of hydrogen-bond acceptors (Lipinski definition) is 3. The molecule has 0 spiro atoms. The summed E-state index contributed by atoms with van der Waals surface area (Å²) in [4.78, 5) is 0. The van der Waals surface area contributed by atoms with Crippen molar-refractivity contribution in [2.75, 3.05) is 11.3 Å². The van der Waals surface area contributed by atoms with Crippen LogP contribution in [0.4, 0.5) is 10.1 Å². The fourth-order valence-corrected chi connectivity index (χ4v) is 2.02. The minimum atomic E-state index is -3.67. The maximum absolute atomic E-state index is 13.1. The zero-order valence-corrected chi connectivity index (χ0v) is 10.8. The van der Waals surface area contributed by atoms with Gasteiger partial charge in [-0.15, -0.1) is 0 Å². The third kappa shape index (κ3) is 3.16. The molecule has 0 aliphatic heterocycles. The molecule has 0 bridgehead atoms. The van der Waals surface area contributed by atoms with Gasteiger partial charge in [0.2, 0.25) is 10.0 Å². The van der Waals surface area contributed by atoms with Gasteiger partial charge in [0.1, 0.15) is 11.1 Å². The number of halogens is 2. The normalized spacial score (nSPS) is 13.5. The Kier molecular flexibility index (Phi) is 4.28. The number of hydrogen-bond donors (Lipinski definition) is 2.